The third-order valence-electron chi connectivity index (χ3n) is 20.8. The Hall–Kier alpha value is -12.0. The van der Waals surface area contributed by atoms with Gasteiger partial charge in [0, 0.05) is 27.7 Å². The molecule has 0 unspecified atom stereocenters. The zero-order valence-corrected chi connectivity index (χ0v) is 68.9. The van der Waals surface area contributed by atoms with Crippen molar-refractivity contribution in [1.29, 1.82) is 0 Å². The van der Waals surface area contributed by atoms with Crippen molar-refractivity contribution in [3.63, 3.8) is 0 Å². The molecule has 32 nitrogen and oxygen atoms in total. The Morgan fingerprint density at radius 2 is 0.584 bits per heavy atom. The number of ether oxygens (including phenoxy) is 21. The van der Waals surface area contributed by atoms with Gasteiger partial charge in [0.2, 0.25) is 0 Å². The molecular formula is C93H94O32. The molecule has 0 aromatic heterocycles. The first-order valence-corrected chi connectivity index (χ1v) is 40.5. The number of carbonyl (C=O) groups excluding carboxylic acids is 10. The highest BCUT2D eigenvalue weighted by molar-refractivity contribution is 5.93. The Morgan fingerprint density at radius 3 is 0.952 bits per heavy atom. The van der Waals surface area contributed by atoms with Crippen LogP contribution in [0.5, 0.6) is 0 Å². The molecule has 5 fully saturated rings. The number of aliphatic hydroxyl groups excluding tert-OH is 1. The van der Waals surface area contributed by atoms with Crippen LogP contribution < -0.4 is 0 Å². The smallest absolute Gasteiger partial charge is 0.338 e. The lowest BCUT2D eigenvalue weighted by Crippen LogP contribution is -2.68. The predicted octanol–water partition coefficient (Wildman–Crippen LogP) is 9.72. The molecule has 0 spiro atoms. The molecule has 5 aliphatic rings. The first kappa shape index (κ1) is 90.7. The van der Waals surface area contributed by atoms with Crippen molar-refractivity contribution < 1.29 is 153 Å². The zero-order chi connectivity index (χ0) is 88.2. The number of benzene rings is 8. The van der Waals surface area contributed by atoms with Gasteiger partial charge < -0.3 is 105 Å². The van der Waals surface area contributed by atoms with Gasteiger partial charge in [-0.25, -0.2) is 28.8 Å². The van der Waals surface area contributed by atoms with Gasteiger partial charge in [0.15, 0.2) is 98.6 Å². The van der Waals surface area contributed by atoms with Crippen LogP contribution in [0.3, 0.4) is 0 Å². The minimum atomic E-state index is -2.22. The Labute approximate surface area is 718 Å². The van der Waals surface area contributed by atoms with Crippen LogP contribution in [0, 0.1) is 0 Å². The van der Waals surface area contributed by atoms with E-state index in [4.69, 9.17) is 99.5 Å². The summed E-state index contributed by atoms with van der Waals surface area (Å²) in [5, 5.41) is 12.2. The molecular weight excluding hydrogens is 1630 g/mol. The highest BCUT2D eigenvalue weighted by atomic mass is 16.8. The number of hydrogen-bond acceptors (Lipinski definition) is 32. The molecule has 5 saturated heterocycles. The fraction of sp³-hybridized carbons (Fsp3) is 0.376. The molecule has 658 valence electrons. The fourth-order valence-corrected chi connectivity index (χ4v) is 14.9. The van der Waals surface area contributed by atoms with Crippen molar-refractivity contribution in [3.05, 3.63) is 287 Å². The normalized spacial score (nSPS) is 28.9. The van der Waals surface area contributed by atoms with E-state index in [9.17, 15) is 48.3 Å². The van der Waals surface area contributed by atoms with Gasteiger partial charge in [-0.2, -0.15) is 0 Å². The fourth-order valence-electron chi connectivity index (χ4n) is 14.9. The molecule has 5 heterocycles. The van der Waals surface area contributed by atoms with Gasteiger partial charge in [-0.05, 0) is 105 Å². The number of aliphatic hydroxyl groups is 1. The first-order chi connectivity index (χ1) is 60.4. The van der Waals surface area contributed by atoms with E-state index >= 15 is 4.79 Å². The maximum atomic E-state index is 15.0. The van der Waals surface area contributed by atoms with E-state index in [0.29, 0.717) is 11.1 Å². The molecule has 13 rings (SSSR count). The van der Waals surface area contributed by atoms with Gasteiger partial charge in [-0.1, -0.05) is 170 Å². The molecule has 1 N–H and O–H groups in total. The number of carbonyl (C=O) groups is 10. The van der Waals surface area contributed by atoms with Crippen LogP contribution in [0.25, 0.3) is 0 Å². The first-order valence-electron chi connectivity index (χ1n) is 40.5. The van der Waals surface area contributed by atoms with Crippen LogP contribution in [0.1, 0.15) is 122 Å². The quantitative estimate of drug-likeness (QED) is 0.0312. The molecule has 5 aliphatic heterocycles. The van der Waals surface area contributed by atoms with Gasteiger partial charge in [-0.3, -0.25) is 19.2 Å². The third kappa shape index (κ3) is 23.5. The largest absolute Gasteiger partial charge is 0.463 e. The lowest BCUT2D eigenvalue weighted by molar-refractivity contribution is -0.398. The van der Waals surface area contributed by atoms with E-state index in [0.717, 1.165) is 27.7 Å². The zero-order valence-electron chi connectivity index (χ0n) is 68.9. The second-order valence-corrected chi connectivity index (χ2v) is 29.8. The third-order valence-corrected chi connectivity index (χ3v) is 20.8. The summed E-state index contributed by atoms with van der Waals surface area (Å²) in [7, 11) is 0. The molecule has 0 aliphatic carbocycles. The van der Waals surface area contributed by atoms with Crippen LogP contribution in [0.4, 0.5) is 0 Å². The summed E-state index contributed by atoms with van der Waals surface area (Å²) in [5.41, 5.74) is 1.27. The summed E-state index contributed by atoms with van der Waals surface area (Å²) in [6.07, 6.45) is -43.6. The summed E-state index contributed by atoms with van der Waals surface area (Å²) in [6.45, 7) is 6.69. The van der Waals surface area contributed by atoms with Crippen molar-refractivity contribution in [2.45, 2.75) is 209 Å². The van der Waals surface area contributed by atoms with E-state index in [1.807, 2.05) is 18.2 Å². The van der Waals surface area contributed by atoms with Crippen molar-refractivity contribution >= 4 is 59.7 Å². The highest BCUT2D eigenvalue weighted by Crippen LogP contribution is 2.42. The van der Waals surface area contributed by atoms with Crippen LogP contribution in [0.15, 0.2) is 243 Å². The standard InChI is InChI=1S/C93H94O32/c1-52-69(106-48-59-32-16-8-17-33-59)74(78(89(104)109-52)107-49-60-34-18-9-19-35-60)123-90-79(124-91-80(121-87(102)65-44-28-14-29-45-65)75(119-85(100)63-40-24-12-25-41-63)70(53(2)110-91)117-83(98)61-36-20-10-21-37-61)73(113-57(6)96)68(51-108-90)116-93-82(77(114-58(7)97)72(112-56(5)95)67(115-93)50-105-55(4)94)125-92-81(122-88(103)66-46-30-15-31-47-66)76(120-86(101)64-42-26-13-27-43-64)71(54(3)111-92)118-84(99)62-38-22-11-23-39-62/h8-47,52-54,67-82,89-93,104H,48-51H2,1-7H3/t52-,53-,54-,67-,68-,69-,70-,71+,72+,73+,74+,75+,76+,77+,78-,79-,80-,81-,82-,89+,90+,91+,92+,93+/m1/s1. The molecule has 0 saturated carbocycles. The molecule has 0 radical (unpaired) electrons. The topological polar surface area (TPSA) is 385 Å². The maximum Gasteiger partial charge on any atom is 0.338 e. The monoisotopic (exact) mass is 1720 g/mol. The van der Waals surface area contributed by atoms with Gasteiger partial charge in [-0.15, -0.1) is 0 Å². The minimum absolute atomic E-state index is 0.0130. The van der Waals surface area contributed by atoms with Crippen LogP contribution >= 0.6 is 0 Å². The van der Waals surface area contributed by atoms with Crippen LogP contribution in [0.2, 0.25) is 0 Å². The number of rotatable bonds is 31. The second kappa shape index (κ2) is 43.1. The lowest BCUT2D eigenvalue weighted by Gasteiger charge is -2.51. The van der Waals surface area contributed by atoms with Crippen molar-refractivity contribution in [1.82, 2.24) is 0 Å². The average molecular weight is 1720 g/mol. The summed E-state index contributed by atoms with van der Waals surface area (Å²) in [6, 6.07) is 63.8. The van der Waals surface area contributed by atoms with E-state index in [1.54, 1.807) is 146 Å². The minimum Gasteiger partial charge on any atom is -0.463 e. The van der Waals surface area contributed by atoms with Gasteiger partial charge in [0.05, 0.1) is 71.5 Å². The van der Waals surface area contributed by atoms with Crippen molar-refractivity contribution in [2.75, 3.05) is 13.2 Å². The molecule has 8 aromatic carbocycles. The SMILES string of the molecule is CC(=O)OC[C@H]1O[C@@H](O[C@@H]2CO[C@@H](O[C@@H]3[C@@H](OCc4ccccc4)[C@@H](O)O[C@H](C)[C@H]3OCc3ccccc3)[C@H](O[C@@H]3O[C@H](C)[C@@H](OC(=O)c4ccccc4)[C@H](OC(=O)c4ccccc4)[C@H]3OC(=O)c3ccccc3)[C@H]2OC(C)=O)[C@H](O[C@@H]2O[C@H](C)[C@H](OC(=O)c3ccccc3)[C@H](OC(=O)c3ccccc3)[C@H]2OC(=O)c2ccccc2)[C@@H](OC(C)=O)[C@H]1OC(C)=O. The van der Waals surface area contributed by atoms with E-state index in [-0.39, 0.29) is 46.6 Å². The second-order valence-electron chi connectivity index (χ2n) is 29.8. The van der Waals surface area contributed by atoms with Crippen molar-refractivity contribution in [3.8, 4) is 0 Å². The molecule has 0 amide bonds. The number of esters is 10. The molecule has 32 heteroatoms. The summed E-state index contributed by atoms with van der Waals surface area (Å²) < 4.78 is 138. The van der Waals surface area contributed by atoms with Crippen LogP contribution in [-0.2, 0) is 132 Å². The predicted molar refractivity (Wildman–Crippen MR) is 430 cm³/mol. The maximum absolute atomic E-state index is 15.0. The van der Waals surface area contributed by atoms with E-state index < -0.39 is 220 Å². The van der Waals surface area contributed by atoms with E-state index in [1.165, 1.54) is 98.8 Å². The molecule has 8 aromatic rings. The Morgan fingerprint density at radius 1 is 0.288 bits per heavy atom. The Bertz CT molecular complexity index is 4850. The highest BCUT2D eigenvalue weighted by Gasteiger charge is 2.62. The van der Waals surface area contributed by atoms with E-state index in [2.05, 4.69) is 0 Å². The lowest BCUT2D eigenvalue weighted by atomic mass is 9.95. The summed E-state index contributed by atoms with van der Waals surface area (Å²) in [4.78, 5) is 143. The van der Waals surface area contributed by atoms with Crippen molar-refractivity contribution in [2.24, 2.45) is 0 Å². The molecule has 24 atom stereocenters. The Kier molecular flexibility index (Phi) is 31.2. The number of hydrogen-bond donors (Lipinski definition) is 1. The summed E-state index contributed by atoms with van der Waals surface area (Å²) in [5.74, 6) is -10.1. The van der Waals surface area contributed by atoms with Gasteiger partial charge >= 0.3 is 59.7 Å². The molecule has 0 bridgehead atoms. The van der Waals surface area contributed by atoms with Gasteiger partial charge in [0.1, 0.15) is 37.1 Å². The summed E-state index contributed by atoms with van der Waals surface area (Å²) >= 11 is 0. The van der Waals surface area contributed by atoms with Gasteiger partial charge in [0.25, 0.3) is 0 Å². The Balaban J connectivity index is 0.965. The molecule has 125 heavy (non-hydrogen) atoms. The average Bonchev–Trinajstić information content (AvgIpc) is 0.755. The van der Waals surface area contributed by atoms with Crippen LogP contribution in [-0.4, -0.2) is 225 Å².